The normalized spacial score (nSPS) is 13.9. The molecule has 1 amide bonds. The number of benzene rings is 1. The van der Waals surface area contributed by atoms with Gasteiger partial charge in [0.2, 0.25) is 5.89 Å². The van der Waals surface area contributed by atoms with Gasteiger partial charge in [0, 0.05) is 30.6 Å². The lowest BCUT2D eigenvalue weighted by atomic mass is 10.2. The molecule has 0 unspecified atom stereocenters. The van der Waals surface area contributed by atoms with Crippen molar-refractivity contribution in [2.24, 2.45) is 0 Å². The molecule has 1 aliphatic heterocycles. The van der Waals surface area contributed by atoms with Crippen molar-refractivity contribution in [1.82, 2.24) is 14.9 Å². The molecule has 0 aliphatic carbocycles. The van der Waals surface area contributed by atoms with Crippen LogP contribution in [0.3, 0.4) is 0 Å². The highest BCUT2D eigenvalue weighted by atomic mass is 32.2. The van der Waals surface area contributed by atoms with Crippen molar-refractivity contribution in [1.29, 1.82) is 0 Å². The standard InChI is InChI=1S/C21H21N3O2S/c1-15-18(23-20(26-15)16-7-3-2-4-8-16)14-27-19-10-9-17(13-22-19)21(25)24-11-5-6-12-24/h2-4,7-10,13H,5-6,11-12,14H2,1H3. The average Bonchev–Trinajstić information content (AvgIpc) is 3.37. The van der Waals surface area contributed by atoms with Crippen LogP contribution in [0.2, 0.25) is 0 Å². The number of thioether (sulfide) groups is 1. The van der Waals surface area contributed by atoms with Crippen molar-refractivity contribution < 1.29 is 9.21 Å². The van der Waals surface area contributed by atoms with E-state index in [1.54, 1.807) is 18.0 Å². The molecule has 3 aromatic rings. The van der Waals surface area contributed by atoms with Crippen LogP contribution in [0.4, 0.5) is 0 Å². The first kappa shape index (κ1) is 17.8. The molecule has 3 heterocycles. The number of pyridine rings is 1. The summed E-state index contributed by atoms with van der Waals surface area (Å²) >= 11 is 1.59. The monoisotopic (exact) mass is 379 g/mol. The van der Waals surface area contributed by atoms with E-state index in [0.29, 0.717) is 17.2 Å². The zero-order valence-electron chi connectivity index (χ0n) is 15.2. The van der Waals surface area contributed by atoms with E-state index in [0.717, 1.165) is 48.0 Å². The minimum Gasteiger partial charge on any atom is -0.441 e. The molecule has 138 valence electrons. The van der Waals surface area contributed by atoms with E-state index in [-0.39, 0.29) is 5.91 Å². The third-order valence-electron chi connectivity index (χ3n) is 4.65. The van der Waals surface area contributed by atoms with Crippen LogP contribution < -0.4 is 0 Å². The molecule has 1 aromatic carbocycles. The third-order valence-corrected chi connectivity index (χ3v) is 5.60. The quantitative estimate of drug-likeness (QED) is 0.608. The van der Waals surface area contributed by atoms with Gasteiger partial charge in [-0.15, -0.1) is 0 Å². The Morgan fingerprint density at radius 1 is 1.15 bits per heavy atom. The van der Waals surface area contributed by atoms with Crippen molar-refractivity contribution in [2.45, 2.75) is 30.5 Å². The Labute approximate surface area is 162 Å². The molecule has 0 atom stereocenters. The van der Waals surface area contributed by atoms with Crippen molar-refractivity contribution in [3.8, 4) is 11.5 Å². The predicted molar refractivity (Wildman–Crippen MR) is 106 cm³/mol. The van der Waals surface area contributed by atoms with Crippen molar-refractivity contribution in [2.75, 3.05) is 13.1 Å². The molecule has 1 aliphatic rings. The molecule has 0 spiro atoms. The fourth-order valence-corrected chi connectivity index (χ4v) is 3.95. The summed E-state index contributed by atoms with van der Waals surface area (Å²) < 4.78 is 5.80. The first-order valence-corrected chi connectivity index (χ1v) is 10.1. The number of oxazole rings is 1. The predicted octanol–water partition coefficient (Wildman–Crippen LogP) is 4.57. The summed E-state index contributed by atoms with van der Waals surface area (Å²) in [6.07, 6.45) is 3.86. The molecule has 0 radical (unpaired) electrons. The first-order valence-electron chi connectivity index (χ1n) is 9.10. The number of hydrogen-bond acceptors (Lipinski definition) is 5. The van der Waals surface area contributed by atoms with Gasteiger partial charge in [-0.1, -0.05) is 30.0 Å². The Bertz CT molecular complexity index is 916. The number of carbonyl (C=O) groups is 1. The smallest absolute Gasteiger partial charge is 0.255 e. The van der Waals surface area contributed by atoms with E-state index < -0.39 is 0 Å². The van der Waals surface area contributed by atoms with Crippen LogP contribution in [0, 0.1) is 6.92 Å². The van der Waals surface area contributed by atoms with Gasteiger partial charge in [-0.25, -0.2) is 9.97 Å². The highest BCUT2D eigenvalue weighted by molar-refractivity contribution is 7.98. The maximum atomic E-state index is 12.4. The van der Waals surface area contributed by atoms with Gasteiger partial charge in [0.25, 0.3) is 5.91 Å². The molecule has 5 nitrogen and oxygen atoms in total. The third kappa shape index (κ3) is 4.06. The minimum absolute atomic E-state index is 0.0800. The molecule has 1 fully saturated rings. The van der Waals surface area contributed by atoms with Crippen LogP contribution in [0.25, 0.3) is 11.5 Å². The molecule has 0 bridgehead atoms. The van der Waals surface area contributed by atoms with Gasteiger partial charge in [0.1, 0.15) is 5.76 Å². The maximum absolute atomic E-state index is 12.4. The van der Waals surface area contributed by atoms with Gasteiger partial charge in [-0.2, -0.15) is 0 Å². The number of aryl methyl sites for hydroxylation is 1. The largest absolute Gasteiger partial charge is 0.441 e. The highest BCUT2D eigenvalue weighted by Gasteiger charge is 2.19. The van der Waals surface area contributed by atoms with Gasteiger partial charge >= 0.3 is 0 Å². The van der Waals surface area contributed by atoms with Crippen molar-refractivity contribution in [3.05, 3.63) is 65.7 Å². The van der Waals surface area contributed by atoms with E-state index >= 15 is 0 Å². The van der Waals surface area contributed by atoms with Crippen LogP contribution in [0.1, 0.15) is 34.7 Å². The summed E-state index contributed by atoms with van der Waals surface area (Å²) in [5.41, 5.74) is 2.54. The highest BCUT2D eigenvalue weighted by Crippen LogP contribution is 2.27. The molecule has 6 heteroatoms. The second kappa shape index (κ2) is 7.96. The lowest BCUT2D eigenvalue weighted by molar-refractivity contribution is 0.0792. The Morgan fingerprint density at radius 3 is 2.63 bits per heavy atom. The molecular formula is C21H21N3O2S. The fourth-order valence-electron chi connectivity index (χ4n) is 3.10. The molecule has 2 aromatic heterocycles. The van der Waals surface area contributed by atoms with Gasteiger partial charge < -0.3 is 9.32 Å². The Morgan fingerprint density at radius 2 is 1.93 bits per heavy atom. The summed E-state index contributed by atoms with van der Waals surface area (Å²) in [5.74, 6) is 2.22. The van der Waals surface area contributed by atoms with Crippen LogP contribution in [0.5, 0.6) is 0 Å². The number of nitrogens with zero attached hydrogens (tertiary/aromatic N) is 3. The number of carbonyl (C=O) groups excluding carboxylic acids is 1. The van der Waals surface area contributed by atoms with Gasteiger partial charge in [0.05, 0.1) is 16.3 Å². The molecule has 0 N–H and O–H groups in total. The summed E-state index contributed by atoms with van der Waals surface area (Å²) in [4.78, 5) is 23.3. The molecule has 0 saturated carbocycles. The Hall–Kier alpha value is -2.60. The lowest BCUT2D eigenvalue weighted by Crippen LogP contribution is -2.27. The van der Waals surface area contributed by atoms with E-state index in [4.69, 9.17) is 4.42 Å². The molecule has 1 saturated heterocycles. The average molecular weight is 379 g/mol. The summed E-state index contributed by atoms with van der Waals surface area (Å²) in [6.45, 7) is 3.63. The van der Waals surface area contributed by atoms with Gasteiger partial charge in [-0.3, -0.25) is 4.79 Å². The molecular weight excluding hydrogens is 358 g/mol. The van der Waals surface area contributed by atoms with Crippen molar-refractivity contribution >= 4 is 17.7 Å². The number of hydrogen-bond donors (Lipinski definition) is 0. The van der Waals surface area contributed by atoms with E-state index in [9.17, 15) is 4.79 Å². The lowest BCUT2D eigenvalue weighted by Gasteiger charge is -2.14. The van der Waals surface area contributed by atoms with E-state index in [1.807, 2.05) is 54.3 Å². The second-order valence-corrected chi connectivity index (χ2v) is 7.56. The second-order valence-electron chi connectivity index (χ2n) is 6.56. The zero-order chi connectivity index (χ0) is 18.6. The van der Waals surface area contributed by atoms with Crippen LogP contribution in [0.15, 0.2) is 58.1 Å². The topological polar surface area (TPSA) is 59.2 Å². The Balaban J connectivity index is 1.40. The first-order chi connectivity index (χ1) is 13.2. The van der Waals surface area contributed by atoms with E-state index in [2.05, 4.69) is 9.97 Å². The number of amides is 1. The number of likely N-dealkylation sites (tertiary alicyclic amines) is 1. The van der Waals surface area contributed by atoms with Crippen molar-refractivity contribution in [3.63, 3.8) is 0 Å². The van der Waals surface area contributed by atoms with Crippen LogP contribution >= 0.6 is 11.8 Å². The summed E-state index contributed by atoms with van der Waals surface area (Å²) in [7, 11) is 0. The van der Waals surface area contributed by atoms with Gasteiger partial charge in [-0.05, 0) is 44.0 Å². The number of rotatable bonds is 5. The van der Waals surface area contributed by atoms with E-state index in [1.165, 1.54) is 0 Å². The zero-order valence-corrected chi connectivity index (χ0v) is 16.0. The molecule has 4 rings (SSSR count). The minimum atomic E-state index is 0.0800. The maximum Gasteiger partial charge on any atom is 0.255 e. The fraction of sp³-hybridized carbons (Fsp3) is 0.286. The number of aromatic nitrogens is 2. The summed E-state index contributed by atoms with van der Waals surface area (Å²) in [5, 5.41) is 0.872. The van der Waals surface area contributed by atoms with Gasteiger partial charge in [0.15, 0.2) is 0 Å². The SMILES string of the molecule is Cc1oc(-c2ccccc2)nc1CSc1ccc(C(=O)N2CCCC2)cn1. The molecule has 27 heavy (non-hydrogen) atoms. The van der Waals surface area contributed by atoms with Crippen LogP contribution in [-0.4, -0.2) is 33.9 Å². The van der Waals surface area contributed by atoms with Crippen LogP contribution in [-0.2, 0) is 5.75 Å². The Kier molecular flexibility index (Phi) is 5.25. The summed E-state index contributed by atoms with van der Waals surface area (Å²) in [6, 6.07) is 13.7.